The van der Waals surface area contributed by atoms with Gasteiger partial charge in [0.2, 0.25) is 0 Å². The fourth-order valence-electron chi connectivity index (χ4n) is 4.27. The molecule has 4 heteroatoms. The van der Waals surface area contributed by atoms with Crippen LogP contribution >= 0.6 is 0 Å². The molecule has 0 amide bonds. The van der Waals surface area contributed by atoms with Crippen molar-refractivity contribution in [1.29, 1.82) is 0 Å². The Balaban J connectivity index is 1.37. The number of ether oxygens (including phenoxy) is 3. The van der Waals surface area contributed by atoms with Gasteiger partial charge in [0.05, 0.1) is 19.8 Å². The number of hydrogen-bond donors (Lipinski definition) is 1. The molecule has 2 aliphatic rings. The molecule has 3 aromatic rings. The largest absolute Gasteiger partial charge is 0.493 e. The Kier molecular flexibility index (Phi) is 5.63. The van der Waals surface area contributed by atoms with E-state index in [1.807, 2.05) is 18.2 Å². The monoisotopic (exact) mass is 413 g/mol. The van der Waals surface area contributed by atoms with E-state index >= 15 is 0 Å². The van der Waals surface area contributed by atoms with E-state index in [1.54, 1.807) is 7.11 Å². The molecule has 4 nitrogen and oxygen atoms in total. The van der Waals surface area contributed by atoms with Gasteiger partial charge in [0.1, 0.15) is 12.4 Å². The smallest absolute Gasteiger partial charge is 0.161 e. The first-order valence-electron chi connectivity index (χ1n) is 10.8. The third kappa shape index (κ3) is 4.30. The van der Waals surface area contributed by atoms with E-state index in [9.17, 15) is 0 Å². The summed E-state index contributed by atoms with van der Waals surface area (Å²) in [6.07, 6.45) is 6.36. The Morgan fingerprint density at radius 2 is 1.90 bits per heavy atom. The van der Waals surface area contributed by atoms with Crippen molar-refractivity contribution < 1.29 is 14.2 Å². The van der Waals surface area contributed by atoms with E-state index in [2.05, 4.69) is 59.9 Å². The Bertz CT molecular complexity index is 1090. The Morgan fingerprint density at radius 3 is 2.77 bits per heavy atom. The highest BCUT2D eigenvalue weighted by molar-refractivity contribution is 5.57. The van der Waals surface area contributed by atoms with Crippen LogP contribution in [0.15, 0.2) is 66.7 Å². The van der Waals surface area contributed by atoms with Crippen molar-refractivity contribution in [3.05, 3.63) is 94.6 Å². The minimum atomic E-state index is 0.134. The highest BCUT2D eigenvalue weighted by atomic mass is 16.5. The van der Waals surface area contributed by atoms with Gasteiger partial charge in [-0.15, -0.1) is 0 Å². The summed E-state index contributed by atoms with van der Waals surface area (Å²) in [7, 11) is 1.70. The van der Waals surface area contributed by atoms with Gasteiger partial charge in [-0.05, 0) is 52.4 Å². The third-order valence-electron chi connectivity index (χ3n) is 5.96. The van der Waals surface area contributed by atoms with E-state index in [0.29, 0.717) is 6.61 Å². The zero-order chi connectivity index (χ0) is 21.0. The van der Waals surface area contributed by atoms with Crippen molar-refractivity contribution in [2.75, 3.05) is 20.3 Å². The lowest BCUT2D eigenvalue weighted by Gasteiger charge is -2.26. The molecule has 3 aromatic carbocycles. The molecule has 0 aromatic heterocycles. The van der Waals surface area contributed by atoms with Crippen LogP contribution in [0.3, 0.4) is 0 Å². The van der Waals surface area contributed by atoms with Gasteiger partial charge in [-0.2, -0.15) is 0 Å². The van der Waals surface area contributed by atoms with Crippen LogP contribution < -0.4 is 19.5 Å². The van der Waals surface area contributed by atoms with Gasteiger partial charge in [0.15, 0.2) is 11.5 Å². The SMILES string of the molecule is COc1cc2c(cc1OCc1ccccc1)CCNC2C=Cc1ccc2c(c1)OCC2. The van der Waals surface area contributed by atoms with E-state index < -0.39 is 0 Å². The summed E-state index contributed by atoms with van der Waals surface area (Å²) < 4.78 is 17.5. The number of hydrogen-bond acceptors (Lipinski definition) is 4. The zero-order valence-electron chi connectivity index (χ0n) is 17.8. The molecule has 0 saturated carbocycles. The van der Waals surface area contributed by atoms with Crippen LogP contribution in [0.4, 0.5) is 0 Å². The standard InChI is InChI=1S/C27H27NO3/c1-29-26-17-23-22(16-27(26)31-18-20-5-3-2-4-6-20)11-13-28-24(23)10-8-19-7-9-21-12-14-30-25(21)15-19/h2-10,15-17,24,28H,11-14,18H2,1H3. The first kappa shape index (κ1) is 19.7. The summed E-state index contributed by atoms with van der Waals surface area (Å²) in [5.41, 5.74) is 6.14. The number of methoxy groups -OCH3 is 1. The van der Waals surface area contributed by atoms with Crippen LogP contribution in [0.25, 0.3) is 6.08 Å². The minimum Gasteiger partial charge on any atom is -0.493 e. The summed E-state index contributed by atoms with van der Waals surface area (Å²) >= 11 is 0. The maximum atomic E-state index is 6.11. The van der Waals surface area contributed by atoms with Crippen molar-refractivity contribution in [3.63, 3.8) is 0 Å². The van der Waals surface area contributed by atoms with E-state index in [1.165, 1.54) is 16.7 Å². The molecular weight excluding hydrogens is 386 g/mol. The molecule has 5 rings (SSSR count). The maximum absolute atomic E-state index is 6.11. The van der Waals surface area contributed by atoms with Crippen LogP contribution in [0.1, 0.15) is 33.9 Å². The van der Waals surface area contributed by atoms with Gasteiger partial charge in [-0.3, -0.25) is 0 Å². The highest BCUT2D eigenvalue weighted by Crippen LogP contribution is 2.36. The molecule has 0 saturated heterocycles. The number of nitrogens with one attached hydrogen (secondary N) is 1. The van der Waals surface area contributed by atoms with Gasteiger partial charge in [0, 0.05) is 13.0 Å². The zero-order valence-corrected chi connectivity index (χ0v) is 17.8. The maximum Gasteiger partial charge on any atom is 0.161 e. The summed E-state index contributed by atoms with van der Waals surface area (Å²) in [6, 6.07) is 21.1. The van der Waals surface area contributed by atoms with E-state index in [4.69, 9.17) is 14.2 Å². The first-order valence-corrected chi connectivity index (χ1v) is 10.8. The van der Waals surface area contributed by atoms with Crippen molar-refractivity contribution in [2.45, 2.75) is 25.5 Å². The van der Waals surface area contributed by atoms with Gasteiger partial charge >= 0.3 is 0 Å². The van der Waals surface area contributed by atoms with Gasteiger partial charge in [0.25, 0.3) is 0 Å². The topological polar surface area (TPSA) is 39.7 Å². The second kappa shape index (κ2) is 8.86. The highest BCUT2D eigenvalue weighted by Gasteiger charge is 2.21. The quantitative estimate of drug-likeness (QED) is 0.610. The van der Waals surface area contributed by atoms with Gasteiger partial charge in [-0.1, -0.05) is 54.6 Å². The lowest BCUT2D eigenvalue weighted by atomic mass is 9.93. The Labute approximate surface area is 183 Å². The third-order valence-corrected chi connectivity index (χ3v) is 5.96. The molecule has 0 radical (unpaired) electrons. The molecular formula is C27H27NO3. The van der Waals surface area contributed by atoms with Gasteiger partial charge in [-0.25, -0.2) is 0 Å². The number of rotatable bonds is 6. The predicted octanol–water partition coefficient (Wildman–Crippen LogP) is 5.11. The molecule has 1 atom stereocenters. The normalized spacial score (nSPS) is 17.1. The number of benzene rings is 3. The Morgan fingerprint density at radius 1 is 1.00 bits per heavy atom. The predicted molar refractivity (Wildman–Crippen MR) is 123 cm³/mol. The van der Waals surface area contributed by atoms with E-state index in [0.717, 1.165) is 54.4 Å². The number of fused-ring (bicyclic) bond motifs is 2. The summed E-state index contributed by atoms with van der Waals surface area (Å²) in [5.74, 6) is 2.58. The molecule has 31 heavy (non-hydrogen) atoms. The summed E-state index contributed by atoms with van der Waals surface area (Å²) in [4.78, 5) is 0. The first-order chi connectivity index (χ1) is 15.3. The van der Waals surface area contributed by atoms with Crippen LogP contribution in [-0.4, -0.2) is 20.3 Å². The Hall–Kier alpha value is -3.24. The molecule has 158 valence electrons. The van der Waals surface area contributed by atoms with Crippen LogP contribution in [0.5, 0.6) is 17.2 Å². The molecule has 2 aliphatic heterocycles. The van der Waals surface area contributed by atoms with Crippen molar-refractivity contribution in [3.8, 4) is 17.2 Å². The summed E-state index contributed by atoms with van der Waals surface area (Å²) in [6.45, 7) is 2.24. The average molecular weight is 414 g/mol. The second-order valence-electron chi connectivity index (χ2n) is 7.98. The second-order valence-corrected chi connectivity index (χ2v) is 7.98. The molecule has 0 spiro atoms. The molecule has 1 N–H and O–H groups in total. The fourth-order valence-corrected chi connectivity index (χ4v) is 4.27. The average Bonchev–Trinajstić information content (AvgIpc) is 3.29. The molecule has 0 bridgehead atoms. The molecule has 0 aliphatic carbocycles. The fraction of sp³-hybridized carbons (Fsp3) is 0.259. The van der Waals surface area contributed by atoms with Crippen molar-refractivity contribution in [1.82, 2.24) is 5.32 Å². The lowest BCUT2D eigenvalue weighted by Crippen LogP contribution is -2.28. The van der Waals surface area contributed by atoms with Crippen molar-refractivity contribution >= 4 is 6.08 Å². The van der Waals surface area contributed by atoms with Crippen LogP contribution in [-0.2, 0) is 19.4 Å². The van der Waals surface area contributed by atoms with Crippen LogP contribution in [0, 0.1) is 0 Å². The molecule has 2 heterocycles. The molecule has 0 fully saturated rings. The van der Waals surface area contributed by atoms with Crippen LogP contribution in [0.2, 0.25) is 0 Å². The minimum absolute atomic E-state index is 0.134. The summed E-state index contributed by atoms with van der Waals surface area (Å²) in [5, 5.41) is 3.61. The molecule has 1 unspecified atom stereocenters. The van der Waals surface area contributed by atoms with E-state index in [-0.39, 0.29) is 6.04 Å². The van der Waals surface area contributed by atoms with Gasteiger partial charge < -0.3 is 19.5 Å². The lowest BCUT2D eigenvalue weighted by molar-refractivity contribution is 0.283. The van der Waals surface area contributed by atoms with Crippen molar-refractivity contribution in [2.24, 2.45) is 0 Å².